The fraction of sp³-hybridized carbons (Fsp3) is 0.200. The minimum absolute atomic E-state index is 0.0952. The van der Waals surface area contributed by atoms with Crippen molar-refractivity contribution < 1.29 is 13.3 Å². The molecule has 0 fully saturated rings. The number of benzene rings is 1. The van der Waals surface area contributed by atoms with Crippen LogP contribution in [0.5, 0.6) is 0 Å². The predicted molar refractivity (Wildman–Crippen MR) is 92.1 cm³/mol. The standard InChI is InChI=1S/C15H13BrN2O4S/c1-15(8-3-5-12(16)10-15)23(21,22)17-9-7-11-4-2-6-13(14(11)17)18(19)20/h2-9H,10H2,1H3. The van der Waals surface area contributed by atoms with Crippen LogP contribution < -0.4 is 0 Å². The Hall–Kier alpha value is -1.93. The second-order valence-corrected chi connectivity index (χ2v) is 8.85. The fourth-order valence-corrected chi connectivity index (χ4v) is 5.32. The van der Waals surface area contributed by atoms with Crippen LogP contribution in [0.4, 0.5) is 5.69 Å². The summed E-state index contributed by atoms with van der Waals surface area (Å²) in [6.45, 7) is 1.60. The molecule has 0 saturated heterocycles. The maximum absolute atomic E-state index is 13.1. The molecule has 0 radical (unpaired) electrons. The van der Waals surface area contributed by atoms with E-state index in [9.17, 15) is 18.5 Å². The van der Waals surface area contributed by atoms with Gasteiger partial charge in [0.05, 0.1) is 4.92 Å². The van der Waals surface area contributed by atoms with Crippen molar-refractivity contribution in [2.45, 2.75) is 18.1 Å². The van der Waals surface area contributed by atoms with Crippen molar-refractivity contribution in [2.24, 2.45) is 0 Å². The van der Waals surface area contributed by atoms with E-state index < -0.39 is 19.7 Å². The van der Waals surface area contributed by atoms with Gasteiger partial charge in [0.2, 0.25) is 10.0 Å². The molecule has 1 aromatic carbocycles. The van der Waals surface area contributed by atoms with E-state index in [1.54, 1.807) is 43.4 Å². The number of hydrogen-bond donors (Lipinski definition) is 0. The zero-order valence-corrected chi connectivity index (χ0v) is 14.5. The van der Waals surface area contributed by atoms with Gasteiger partial charge >= 0.3 is 0 Å². The molecular weight excluding hydrogens is 384 g/mol. The van der Waals surface area contributed by atoms with Crippen molar-refractivity contribution in [3.63, 3.8) is 0 Å². The minimum Gasteiger partial charge on any atom is -0.258 e. The second-order valence-electron chi connectivity index (χ2n) is 5.55. The van der Waals surface area contributed by atoms with Crippen molar-refractivity contribution in [3.8, 4) is 0 Å². The molecule has 120 valence electrons. The van der Waals surface area contributed by atoms with E-state index in [0.29, 0.717) is 5.39 Å². The lowest BCUT2D eigenvalue weighted by atomic mass is 10.0. The molecule has 0 spiro atoms. The number of nitrogens with zero attached hydrogens (tertiary/aromatic N) is 2. The van der Waals surface area contributed by atoms with Gasteiger partial charge < -0.3 is 0 Å². The summed E-state index contributed by atoms with van der Waals surface area (Å²) in [7, 11) is -3.88. The zero-order valence-electron chi connectivity index (χ0n) is 12.1. The van der Waals surface area contributed by atoms with Gasteiger partial charge in [-0.25, -0.2) is 12.4 Å². The van der Waals surface area contributed by atoms with Crippen LogP contribution in [0.2, 0.25) is 0 Å². The van der Waals surface area contributed by atoms with Crippen molar-refractivity contribution in [2.75, 3.05) is 0 Å². The molecule has 8 heteroatoms. The summed E-state index contributed by atoms with van der Waals surface area (Å²) in [5.41, 5.74) is -0.133. The first-order chi connectivity index (χ1) is 10.8. The number of allylic oxidation sites excluding steroid dienone is 3. The Morgan fingerprint density at radius 2 is 2.09 bits per heavy atom. The van der Waals surface area contributed by atoms with E-state index in [2.05, 4.69) is 15.9 Å². The molecule has 2 aromatic rings. The lowest BCUT2D eigenvalue weighted by Crippen LogP contribution is -2.38. The number of halogens is 1. The summed E-state index contributed by atoms with van der Waals surface area (Å²) in [6.07, 6.45) is 6.71. The number of nitro benzene ring substituents is 1. The topological polar surface area (TPSA) is 82.2 Å². The summed E-state index contributed by atoms with van der Waals surface area (Å²) in [4.78, 5) is 10.7. The predicted octanol–water partition coefficient (Wildman–Crippen LogP) is 3.72. The smallest absolute Gasteiger partial charge is 0.258 e. The Morgan fingerprint density at radius 1 is 1.35 bits per heavy atom. The number of fused-ring (bicyclic) bond motifs is 1. The van der Waals surface area contributed by atoms with Crippen LogP contribution in [0.15, 0.2) is 53.2 Å². The van der Waals surface area contributed by atoms with Crippen LogP contribution in [0.1, 0.15) is 13.3 Å². The molecule has 0 amide bonds. The molecule has 23 heavy (non-hydrogen) atoms. The van der Waals surface area contributed by atoms with Gasteiger partial charge in [-0.1, -0.05) is 46.3 Å². The summed E-state index contributed by atoms with van der Waals surface area (Å²) >= 11 is 3.34. The minimum atomic E-state index is -3.88. The van der Waals surface area contributed by atoms with E-state index in [-0.39, 0.29) is 17.6 Å². The summed E-state index contributed by atoms with van der Waals surface area (Å²) < 4.78 is 26.9. The molecule has 1 aromatic heterocycles. The average molecular weight is 397 g/mol. The Kier molecular flexibility index (Phi) is 3.68. The maximum Gasteiger partial charge on any atom is 0.294 e. The highest BCUT2D eigenvalue weighted by molar-refractivity contribution is 9.11. The molecule has 1 unspecified atom stereocenters. The Balaban J connectivity index is 2.27. The first-order valence-electron chi connectivity index (χ1n) is 6.80. The molecule has 0 saturated carbocycles. The van der Waals surface area contributed by atoms with Crippen LogP contribution in [-0.4, -0.2) is 22.1 Å². The van der Waals surface area contributed by atoms with Gasteiger partial charge in [-0.05, 0) is 17.5 Å². The third-order valence-electron chi connectivity index (χ3n) is 3.95. The third kappa shape index (κ3) is 2.42. The van der Waals surface area contributed by atoms with E-state index in [0.717, 1.165) is 8.45 Å². The number of nitro groups is 1. The lowest BCUT2D eigenvalue weighted by molar-refractivity contribution is -0.383. The monoisotopic (exact) mass is 396 g/mol. The van der Waals surface area contributed by atoms with Crippen LogP contribution >= 0.6 is 15.9 Å². The van der Waals surface area contributed by atoms with Crippen LogP contribution in [0, 0.1) is 10.1 Å². The van der Waals surface area contributed by atoms with Crippen LogP contribution in [0.25, 0.3) is 10.9 Å². The van der Waals surface area contributed by atoms with Gasteiger partial charge in [0, 0.05) is 24.1 Å². The fourth-order valence-electron chi connectivity index (χ4n) is 2.70. The van der Waals surface area contributed by atoms with E-state index >= 15 is 0 Å². The van der Waals surface area contributed by atoms with Gasteiger partial charge in [0.15, 0.2) is 0 Å². The van der Waals surface area contributed by atoms with Crippen LogP contribution in [0.3, 0.4) is 0 Å². The Labute approximate surface area is 141 Å². The molecule has 1 heterocycles. The molecule has 1 aliphatic carbocycles. The number of aromatic nitrogens is 1. The van der Waals surface area contributed by atoms with Gasteiger partial charge in [0.25, 0.3) is 5.69 Å². The highest BCUT2D eigenvalue weighted by atomic mass is 79.9. The molecular formula is C15H13BrN2O4S. The summed E-state index contributed by atoms with van der Waals surface area (Å²) in [5.74, 6) is 0. The Morgan fingerprint density at radius 3 is 2.74 bits per heavy atom. The van der Waals surface area contributed by atoms with Crippen molar-refractivity contribution in [1.29, 1.82) is 0 Å². The number of para-hydroxylation sites is 1. The first-order valence-corrected chi connectivity index (χ1v) is 9.03. The summed E-state index contributed by atoms with van der Waals surface area (Å²) in [6, 6.07) is 6.08. The molecule has 0 bridgehead atoms. The molecule has 0 N–H and O–H groups in total. The average Bonchev–Trinajstić information content (AvgIpc) is 2.91. The lowest BCUT2D eigenvalue weighted by Gasteiger charge is -2.28. The molecule has 6 nitrogen and oxygen atoms in total. The molecule has 1 atom stereocenters. The maximum atomic E-state index is 13.1. The van der Waals surface area contributed by atoms with Gasteiger partial charge in [-0.2, -0.15) is 0 Å². The second kappa shape index (κ2) is 5.31. The third-order valence-corrected chi connectivity index (χ3v) is 6.77. The van der Waals surface area contributed by atoms with Gasteiger partial charge in [-0.15, -0.1) is 0 Å². The van der Waals surface area contributed by atoms with E-state index in [4.69, 9.17) is 0 Å². The Bertz CT molecular complexity index is 975. The van der Waals surface area contributed by atoms with Gasteiger partial charge in [-0.3, -0.25) is 10.1 Å². The van der Waals surface area contributed by atoms with Crippen molar-refractivity contribution >= 4 is 42.5 Å². The highest BCUT2D eigenvalue weighted by Crippen LogP contribution is 2.37. The molecule has 3 rings (SSSR count). The largest absolute Gasteiger partial charge is 0.294 e. The van der Waals surface area contributed by atoms with Crippen LogP contribution in [-0.2, 0) is 10.0 Å². The SMILES string of the molecule is CC1(S(=O)(=O)n2ccc3cccc([N+](=O)[O-])c32)C=CC=C(Br)C1. The first kappa shape index (κ1) is 15.9. The molecule has 1 aliphatic rings. The molecule has 0 aliphatic heterocycles. The van der Waals surface area contributed by atoms with E-state index in [1.165, 1.54) is 12.3 Å². The van der Waals surface area contributed by atoms with Gasteiger partial charge in [0.1, 0.15) is 10.3 Å². The van der Waals surface area contributed by atoms with Crippen molar-refractivity contribution in [3.05, 3.63) is 63.3 Å². The van der Waals surface area contributed by atoms with Crippen molar-refractivity contribution in [1.82, 2.24) is 3.97 Å². The highest BCUT2D eigenvalue weighted by Gasteiger charge is 2.41. The van der Waals surface area contributed by atoms with E-state index in [1.807, 2.05) is 0 Å². The summed E-state index contributed by atoms with van der Waals surface area (Å²) in [5, 5.41) is 11.8. The number of hydrogen-bond acceptors (Lipinski definition) is 4. The number of non-ortho nitro benzene ring substituents is 1. The number of rotatable bonds is 3. The zero-order chi connectivity index (χ0) is 16.8. The quantitative estimate of drug-likeness (QED) is 0.584. The normalized spacial score (nSPS) is 21.4.